The third-order valence-corrected chi connectivity index (χ3v) is 10.9. The Morgan fingerprint density at radius 3 is 2.34 bits per heavy atom. The maximum absolute atomic E-state index is 15.4. The first-order valence-corrected chi connectivity index (χ1v) is 17.3. The Balaban J connectivity index is 1.41. The average Bonchev–Trinajstić information content (AvgIpc) is 3.67. The van der Waals surface area contributed by atoms with E-state index in [9.17, 15) is 9.90 Å². The van der Waals surface area contributed by atoms with E-state index in [2.05, 4.69) is 16.6 Å². The van der Waals surface area contributed by atoms with Crippen LogP contribution >= 0.6 is 23.2 Å². The van der Waals surface area contributed by atoms with Crippen molar-refractivity contribution in [1.29, 1.82) is 0 Å². The molecule has 4 heterocycles. The van der Waals surface area contributed by atoms with Gasteiger partial charge in [-0.3, -0.25) is 19.1 Å². The number of aryl methyl sites for hydroxylation is 6. The first-order valence-electron chi connectivity index (χ1n) is 16.5. The van der Waals surface area contributed by atoms with Crippen LogP contribution in [0, 0.1) is 27.7 Å². The van der Waals surface area contributed by atoms with Gasteiger partial charge in [0.1, 0.15) is 11.4 Å². The largest absolute Gasteiger partial charge is 0.494 e. The van der Waals surface area contributed by atoms with Gasteiger partial charge in [-0.1, -0.05) is 35.3 Å². The molecule has 1 unspecified atom stereocenters. The molecule has 0 fully saturated rings. The Bertz CT molecular complexity index is 2350. The van der Waals surface area contributed by atoms with Crippen LogP contribution in [0.1, 0.15) is 80.0 Å². The fourth-order valence-corrected chi connectivity index (χ4v) is 8.05. The van der Waals surface area contributed by atoms with Crippen LogP contribution in [0.5, 0.6) is 5.75 Å². The van der Waals surface area contributed by atoms with Crippen molar-refractivity contribution in [3.8, 4) is 5.75 Å². The zero-order valence-corrected chi connectivity index (χ0v) is 30.5. The van der Waals surface area contributed by atoms with E-state index >= 15 is 4.79 Å². The number of ether oxygens (including phenoxy) is 1. The lowest BCUT2D eigenvalue weighted by molar-refractivity contribution is 0.0691. The average molecular weight is 714 g/mol. The summed E-state index contributed by atoms with van der Waals surface area (Å²) in [5.41, 5.74) is 7.80. The number of carbonyl (C=O) groups is 2. The monoisotopic (exact) mass is 712 g/mol. The number of halogens is 2. The molecular weight excluding hydrogens is 675 g/mol. The van der Waals surface area contributed by atoms with Gasteiger partial charge in [-0.2, -0.15) is 10.2 Å². The summed E-state index contributed by atoms with van der Waals surface area (Å²) in [6.45, 7) is 10.4. The second-order valence-corrected chi connectivity index (χ2v) is 14.0. The van der Waals surface area contributed by atoms with Crippen molar-refractivity contribution in [3.63, 3.8) is 0 Å². The highest BCUT2D eigenvalue weighted by atomic mass is 35.5. The van der Waals surface area contributed by atoms with E-state index in [0.717, 1.165) is 55.3 Å². The smallest absolute Gasteiger partial charge is 0.357 e. The van der Waals surface area contributed by atoms with Crippen molar-refractivity contribution in [1.82, 2.24) is 24.1 Å². The molecule has 0 bridgehead atoms. The van der Waals surface area contributed by atoms with Crippen LogP contribution in [0.15, 0.2) is 48.5 Å². The van der Waals surface area contributed by atoms with Crippen LogP contribution in [-0.4, -0.2) is 47.7 Å². The summed E-state index contributed by atoms with van der Waals surface area (Å²) in [4.78, 5) is 29.7. The first-order chi connectivity index (χ1) is 23.8. The highest BCUT2D eigenvalue weighted by molar-refractivity contribution is 6.32. The number of nitrogens with zero attached hydrogens (tertiary/aromatic N) is 6. The minimum atomic E-state index is -1.17. The molecule has 6 aromatic rings. The van der Waals surface area contributed by atoms with Crippen molar-refractivity contribution in [2.24, 2.45) is 14.1 Å². The molecule has 3 aromatic carbocycles. The number of anilines is 1. The van der Waals surface area contributed by atoms with Crippen molar-refractivity contribution in [3.05, 3.63) is 104 Å². The van der Waals surface area contributed by atoms with E-state index < -0.39 is 12.0 Å². The zero-order chi connectivity index (χ0) is 35.8. The normalized spacial score (nSPS) is 16.1. The molecule has 1 aliphatic heterocycles. The third kappa shape index (κ3) is 5.24. The summed E-state index contributed by atoms with van der Waals surface area (Å²) in [5.74, 6) is -0.656. The maximum Gasteiger partial charge on any atom is 0.357 e. The number of amides is 1. The number of carboxylic acids is 1. The number of rotatable bonds is 8. The van der Waals surface area contributed by atoms with E-state index in [1.165, 1.54) is 0 Å². The summed E-state index contributed by atoms with van der Waals surface area (Å²) in [5, 5.41) is 22.0. The summed E-state index contributed by atoms with van der Waals surface area (Å²) in [6.07, 6.45) is 1.20. The number of aromatic carboxylic acids is 1. The molecule has 258 valence electrons. The van der Waals surface area contributed by atoms with Crippen LogP contribution in [-0.2, 0) is 20.5 Å². The summed E-state index contributed by atoms with van der Waals surface area (Å²) < 4.78 is 11.6. The number of benzene rings is 3. The van der Waals surface area contributed by atoms with Gasteiger partial charge in [0, 0.05) is 40.8 Å². The Morgan fingerprint density at radius 2 is 1.68 bits per heavy atom. The molecule has 1 amide bonds. The second kappa shape index (κ2) is 12.5. The lowest BCUT2D eigenvalue weighted by Crippen LogP contribution is -2.45. The Labute approximate surface area is 299 Å². The molecule has 7 rings (SSSR count). The zero-order valence-electron chi connectivity index (χ0n) is 29.0. The van der Waals surface area contributed by atoms with E-state index in [1.807, 2.05) is 88.0 Å². The summed E-state index contributed by atoms with van der Waals surface area (Å²) >= 11 is 13.0. The van der Waals surface area contributed by atoms with E-state index in [4.69, 9.17) is 33.0 Å². The highest BCUT2D eigenvalue weighted by Gasteiger charge is 2.45. The number of aromatic nitrogens is 5. The molecule has 0 spiro atoms. The number of hydrogen-bond acceptors (Lipinski definition) is 5. The molecule has 3 aromatic heterocycles. The molecule has 50 heavy (non-hydrogen) atoms. The number of carbonyl (C=O) groups excluding carboxylic acids is 1. The molecule has 2 atom stereocenters. The quantitative estimate of drug-likeness (QED) is 0.159. The highest BCUT2D eigenvalue weighted by Crippen LogP contribution is 2.48. The molecular formula is C38H38Cl2N6O4. The third-order valence-electron chi connectivity index (χ3n) is 10.1. The molecule has 10 nitrogen and oxygen atoms in total. The van der Waals surface area contributed by atoms with Gasteiger partial charge in [-0.25, -0.2) is 4.79 Å². The van der Waals surface area contributed by atoms with Gasteiger partial charge in [0.2, 0.25) is 0 Å². The minimum Gasteiger partial charge on any atom is -0.494 e. The van der Waals surface area contributed by atoms with Crippen LogP contribution in [0.25, 0.3) is 21.8 Å². The lowest BCUT2D eigenvalue weighted by atomic mass is 9.91. The van der Waals surface area contributed by atoms with E-state index in [-0.39, 0.29) is 17.6 Å². The standard InChI is InChI=1S/C38H38Cl2N6O4/c1-19-16-25(17-20(2)33(19)40)50-15-9-10-27-26-14-13-24(39)18-30(26)45-23(5)35(31-21(3)41-43(6)22(31)4)46(37(47)36(27)45)29-12-8-11-28-32(29)34(38(48)49)42-44(28)7/h8,11-14,16-18,23,35H,9-10,15H2,1-7H3,(H,48,49)/t23?,35-/m0/s1. The van der Waals surface area contributed by atoms with E-state index in [1.54, 1.807) is 16.6 Å². The van der Waals surface area contributed by atoms with Crippen LogP contribution in [0.2, 0.25) is 10.0 Å². The van der Waals surface area contributed by atoms with Gasteiger partial charge in [0.15, 0.2) is 5.69 Å². The van der Waals surface area contributed by atoms with Gasteiger partial charge in [0.25, 0.3) is 5.91 Å². The Kier molecular flexibility index (Phi) is 8.43. The lowest BCUT2D eigenvalue weighted by Gasteiger charge is -2.42. The molecule has 0 saturated carbocycles. The molecule has 0 aliphatic carbocycles. The molecule has 0 radical (unpaired) electrons. The fourth-order valence-electron chi connectivity index (χ4n) is 7.78. The van der Waals surface area contributed by atoms with Gasteiger partial charge >= 0.3 is 5.97 Å². The SMILES string of the molecule is Cc1cc(OCCCc2c3n(c4cc(Cl)ccc24)C(C)[C@@H](c2c(C)nn(C)c2C)N(c2cccc4c2c(C(=O)O)nn4C)C3=O)cc(C)c1Cl. The predicted octanol–water partition coefficient (Wildman–Crippen LogP) is 8.47. The maximum atomic E-state index is 15.4. The van der Waals surface area contributed by atoms with Gasteiger partial charge in [-0.15, -0.1) is 0 Å². The summed E-state index contributed by atoms with van der Waals surface area (Å²) in [6, 6.07) is 14.3. The fraction of sp³-hybridized carbons (Fsp3) is 0.316. The summed E-state index contributed by atoms with van der Waals surface area (Å²) in [7, 11) is 3.60. The molecule has 0 saturated heterocycles. The Morgan fingerprint density at radius 1 is 0.960 bits per heavy atom. The van der Waals surface area contributed by atoms with Gasteiger partial charge < -0.3 is 14.4 Å². The van der Waals surface area contributed by atoms with Crippen molar-refractivity contribution >= 4 is 62.6 Å². The van der Waals surface area contributed by atoms with Crippen LogP contribution in [0.4, 0.5) is 5.69 Å². The Hall–Kier alpha value is -4.80. The number of fused-ring (bicyclic) bond motifs is 4. The molecule has 12 heteroatoms. The first kappa shape index (κ1) is 33.7. The van der Waals surface area contributed by atoms with Crippen molar-refractivity contribution in [2.75, 3.05) is 11.5 Å². The van der Waals surface area contributed by atoms with Crippen molar-refractivity contribution in [2.45, 2.75) is 59.5 Å². The topological polar surface area (TPSA) is 107 Å². The van der Waals surface area contributed by atoms with Gasteiger partial charge in [0.05, 0.1) is 46.5 Å². The molecule has 1 aliphatic rings. The molecule has 1 N–H and O–H groups in total. The van der Waals surface area contributed by atoms with Crippen LogP contribution < -0.4 is 9.64 Å². The van der Waals surface area contributed by atoms with Crippen LogP contribution in [0.3, 0.4) is 0 Å². The predicted molar refractivity (Wildman–Crippen MR) is 196 cm³/mol. The number of carboxylic acid groups (broad SMARTS) is 1. The van der Waals surface area contributed by atoms with Crippen molar-refractivity contribution < 1.29 is 19.4 Å². The van der Waals surface area contributed by atoms with Gasteiger partial charge in [-0.05, 0) is 101 Å². The van der Waals surface area contributed by atoms with E-state index in [0.29, 0.717) is 46.8 Å². The second-order valence-electron chi connectivity index (χ2n) is 13.2. The minimum absolute atomic E-state index is 0.111. The number of hydrogen-bond donors (Lipinski definition) is 1.